The van der Waals surface area contributed by atoms with E-state index in [1.54, 1.807) is 6.92 Å². The maximum Gasteiger partial charge on any atom is 0.278 e. The van der Waals surface area contributed by atoms with Gasteiger partial charge in [-0.1, -0.05) is 34.1 Å². The van der Waals surface area contributed by atoms with Crippen LogP contribution < -0.4 is 21.5 Å². The molecule has 0 aromatic heterocycles. The van der Waals surface area contributed by atoms with E-state index >= 15 is 0 Å². The van der Waals surface area contributed by atoms with Gasteiger partial charge in [0.2, 0.25) is 5.91 Å². The van der Waals surface area contributed by atoms with E-state index in [0.29, 0.717) is 31.7 Å². The molecule has 5 N–H and O–H groups in total. The Hall–Kier alpha value is -1.63. The van der Waals surface area contributed by atoms with Crippen LogP contribution in [0.15, 0.2) is 0 Å². The number of carboxylic acid groups (broad SMARTS) is 1. The fraction of sp³-hybridized carbons (Fsp3) is 0.842. The van der Waals surface area contributed by atoms with E-state index in [-0.39, 0.29) is 35.6 Å². The van der Waals surface area contributed by atoms with Crippen molar-refractivity contribution in [1.82, 2.24) is 10.6 Å². The van der Waals surface area contributed by atoms with E-state index < -0.39 is 12.0 Å². The second-order valence-corrected chi connectivity index (χ2v) is 8.00. The van der Waals surface area contributed by atoms with Crippen molar-refractivity contribution >= 4 is 17.8 Å². The molecular formula is C19H35N3O4. The first-order valence-electron chi connectivity index (χ1n) is 9.79. The lowest BCUT2D eigenvalue weighted by atomic mass is 9.81. The maximum absolute atomic E-state index is 12.4. The predicted molar refractivity (Wildman–Crippen MR) is 96.4 cm³/mol. The van der Waals surface area contributed by atoms with Crippen molar-refractivity contribution in [2.75, 3.05) is 6.54 Å². The lowest BCUT2D eigenvalue weighted by molar-refractivity contribution is -0.414. The molecule has 0 saturated heterocycles. The molecule has 7 heteroatoms. The molecule has 0 aliphatic heterocycles. The maximum atomic E-state index is 12.4. The monoisotopic (exact) mass is 369 g/mol. The van der Waals surface area contributed by atoms with Crippen molar-refractivity contribution in [3.05, 3.63) is 0 Å². The van der Waals surface area contributed by atoms with Crippen LogP contribution in [0.4, 0.5) is 0 Å². The second kappa shape index (κ2) is 10.5. The number of carbonyl (C=O) groups excluding carboxylic acids is 3. The zero-order valence-electron chi connectivity index (χ0n) is 16.5. The summed E-state index contributed by atoms with van der Waals surface area (Å²) < 4.78 is 0. The number of nitrogens with one attached hydrogen (secondary N) is 2. The highest BCUT2D eigenvalue weighted by molar-refractivity contribution is 5.84. The number of hydrogen-bond donors (Lipinski definition) is 3. The van der Waals surface area contributed by atoms with E-state index in [9.17, 15) is 19.5 Å². The lowest BCUT2D eigenvalue weighted by Crippen LogP contribution is -2.70. The molecule has 0 spiro atoms. The molecule has 1 aliphatic rings. The number of aliphatic carboxylic acids is 1. The molecule has 1 saturated carbocycles. The Bertz CT molecular complexity index is 487. The van der Waals surface area contributed by atoms with Crippen LogP contribution in [0.2, 0.25) is 0 Å². The van der Waals surface area contributed by atoms with Crippen molar-refractivity contribution in [2.24, 2.45) is 23.7 Å². The minimum Gasteiger partial charge on any atom is -0.548 e. The number of amides is 2. The van der Waals surface area contributed by atoms with Gasteiger partial charge in [0.15, 0.2) is 6.04 Å². The van der Waals surface area contributed by atoms with E-state index in [1.165, 1.54) is 0 Å². The van der Waals surface area contributed by atoms with Gasteiger partial charge in [0.05, 0.1) is 12.0 Å². The average molecular weight is 370 g/mol. The van der Waals surface area contributed by atoms with Gasteiger partial charge in [-0.3, -0.25) is 9.59 Å². The van der Waals surface area contributed by atoms with Gasteiger partial charge < -0.3 is 26.3 Å². The highest BCUT2D eigenvalue weighted by Gasteiger charge is 2.30. The number of rotatable bonds is 9. The van der Waals surface area contributed by atoms with Crippen molar-refractivity contribution in [3.63, 3.8) is 0 Å². The fourth-order valence-corrected chi connectivity index (χ4v) is 3.25. The summed E-state index contributed by atoms with van der Waals surface area (Å²) >= 11 is 0. The highest BCUT2D eigenvalue weighted by Crippen LogP contribution is 2.28. The zero-order chi connectivity index (χ0) is 19.9. The number of hydrogen-bond acceptors (Lipinski definition) is 4. The third-order valence-electron chi connectivity index (χ3n) is 5.69. The van der Waals surface area contributed by atoms with E-state index in [1.807, 2.05) is 20.8 Å². The van der Waals surface area contributed by atoms with Crippen LogP contribution in [-0.4, -0.2) is 36.4 Å². The Labute approximate surface area is 156 Å². The standard InChI is InChI=1S/C19H35N3O4/c1-5-12(4)16(19(25)26)22-17(23)14-8-6-13(7-9-14)10-21-18(24)15(20)11(2)3/h11-16H,5-10,20H2,1-4H3,(H,21,24)(H,22,23)(H,25,26)/t12-,13?,14?,15+,16+/m1/s1. The van der Waals surface area contributed by atoms with Gasteiger partial charge in [0.25, 0.3) is 5.91 Å². The van der Waals surface area contributed by atoms with E-state index in [2.05, 4.69) is 16.4 Å². The molecule has 0 aromatic carbocycles. The van der Waals surface area contributed by atoms with Gasteiger partial charge in [0, 0.05) is 18.4 Å². The van der Waals surface area contributed by atoms with Crippen LogP contribution >= 0.6 is 0 Å². The Kier molecular flexibility index (Phi) is 9.05. The van der Waals surface area contributed by atoms with Crippen LogP contribution in [0.1, 0.15) is 59.8 Å². The third kappa shape index (κ3) is 6.59. The van der Waals surface area contributed by atoms with Gasteiger partial charge in [-0.2, -0.15) is 0 Å². The van der Waals surface area contributed by atoms with Gasteiger partial charge in [-0.25, -0.2) is 0 Å². The Morgan fingerprint density at radius 1 is 1.12 bits per heavy atom. The molecule has 0 bridgehead atoms. The first kappa shape index (κ1) is 22.4. The molecular weight excluding hydrogens is 334 g/mol. The normalized spacial score (nSPS) is 23.8. The van der Waals surface area contributed by atoms with Crippen LogP contribution in [-0.2, 0) is 14.4 Å². The molecule has 1 fully saturated rings. The number of carboxylic acids is 1. The molecule has 0 radical (unpaired) electrons. The minimum atomic E-state index is -1.23. The molecule has 1 rings (SSSR count). The van der Waals surface area contributed by atoms with Gasteiger partial charge in [0.1, 0.15) is 0 Å². The van der Waals surface area contributed by atoms with E-state index in [4.69, 9.17) is 0 Å². The average Bonchev–Trinajstić information content (AvgIpc) is 2.62. The van der Waals surface area contributed by atoms with Crippen LogP contribution in [0.3, 0.4) is 0 Å². The molecule has 3 atom stereocenters. The predicted octanol–water partition coefficient (Wildman–Crippen LogP) is -0.544. The second-order valence-electron chi connectivity index (χ2n) is 8.00. The van der Waals surface area contributed by atoms with Crippen molar-refractivity contribution in [2.45, 2.75) is 71.9 Å². The summed E-state index contributed by atoms with van der Waals surface area (Å²) in [5, 5.41) is 16.9. The topological polar surface area (TPSA) is 126 Å². The summed E-state index contributed by atoms with van der Waals surface area (Å²) in [7, 11) is 0. The van der Waals surface area contributed by atoms with Gasteiger partial charge >= 0.3 is 0 Å². The van der Waals surface area contributed by atoms with Gasteiger partial charge in [-0.15, -0.1) is 0 Å². The van der Waals surface area contributed by atoms with E-state index in [0.717, 1.165) is 12.8 Å². The van der Waals surface area contributed by atoms with Crippen LogP contribution in [0.25, 0.3) is 0 Å². The molecule has 0 aromatic rings. The van der Waals surface area contributed by atoms with Crippen LogP contribution in [0, 0.1) is 23.7 Å². The van der Waals surface area contributed by atoms with Gasteiger partial charge in [-0.05, 0) is 37.5 Å². The smallest absolute Gasteiger partial charge is 0.278 e. The molecule has 0 heterocycles. The number of carbonyl (C=O) groups is 3. The third-order valence-corrected chi connectivity index (χ3v) is 5.69. The quantitative estimate of drug-likeness (QED) is 0.504. The fourth-order valence-electron chi connectivity index (χ4n) is 3.25. The SMILES string of the molecule is CC[C@@H](C)[C@H](NC(=O)C1CCC(CNC(=O)[C@@H]([NH3+])C(C)C)CC1)C(=O)[O-]. The van der Waals surface area contributed by atoms with Crippen molar-refractivity contribution in [1.29, 1.82) is 0 Å². The molecule has 1 aliphatic carbocycles. The summed E-state index contributed by atoms with van der Waals surface area (Å²) in [6.45, 7) is 8.25. The van der Waals surface area contributed by atoms with Crippen molar-refractivity contribution < 1.29 is 25.2 Å². The summed E-state index contributed by atoms with van der Waals surface area (Å²) in [6, 6.07) is -1.19. The summed E-state index contributed by atoms with van der Waals surface area (Å²) in [6.07, 6.45) is 3.78. The summed E-state index contributed by atoms with van der Waals surface area (Å²) in [4.78, 5) is 35.6. The molecule has 0 unspecified atom stereocenters. The Morgan fingerprint density at radius 3 is 2.15 bits per heavy atom. The largest absolute Gasteiger partial charge is 0.548 e. The van der Waals surface area contributed by atoms with Crippen LogP contribution in [0.5, 0.6) is 0 Å². The summed E-state index contributed by atoms with van der Waals surface area (Å²) in [5.74, 6) is -1.21. The zero-order valence-corrected chi connectivity index (χ0v) is 16.5. The first-order chi connectivity index (χ1) is 12.2. The molecule has 2 amide bonds. The summed E-state index contributed by atoms with van der Waals surface area (Å²) in [5.41, 5.74) is 3.88. The molecule has 150 valence electrons. The molecule has 7 nitrogen and oxygen atoms in total. The first-order valence-corrected chi connectivity index (χ1v) is 9.79. The lowest BCUT2D eigenvalue weighted by Gasteiger charge is -2.31. The Morgan fingerprint density at radius 2 is 1.69 bits per heavy atom. The minimum absolute atomic E-state index is 0.0229. The number of quaternary nitrogens is 1. The molecule has 26 heavy (non-hydrogen) atoms. The van der Waals surface area contributed by atoms with Crippen molar-refractivity contribution in [3.8, 4) is 0 Å². The highest BCUT2D eigenvalue weighted by atomic mass is 16.4. The Balaban J connectivity index is 2.42.